The van der Waals surface area contributed by atoms with Crippen molar-refractivity contribution in [3.05, 3.63) is 12.1 Å². The molecule has 6 nitrogen and oxygen atoms in total. The van der Waals surface area contributed by atoms with E-state index in [9.17, 15) is 5.11 Å². The molecule has 1 unspecified atom stereocenters. The molecule has 0 amide bonds. The quantitative estimate of drug-likeness (QED) is 0.694. The molecule has 2 rings (SSSR count). The van der Waals surface area contributed by atoms with Crippen LogP contribution in [0, 0.1) is 0 Å². The Kier molecular flexibility index (Phi) is 2.89. The molecule has 1 atom stereocenters. The zero-order valence-electron chi connectivity index (χ0n) is 9.90. The molecule has 1 aromatic carbocycles. The molecule has 92 valence electrons. The lowest BCUT2D eigenvalue weighted by molar-refractivity contribution is 0.0698. The Bertz CT molecular complexity index is 521. The molecule has 4 N–H and O–H groups in total. The van der Waals surface area contributed by atoms with Crippen molar-refractivity contribution in [3.63, 3.8) is 0 Å². The number of anilines is 2. The Morgan fingerprint density at radius 2 is 2.12 bits per heavy atom. The third kappa shape index (κ3) is 2.31. The van der Waals surface area contributed by atoms with Crippen molar-refractivity contribution in [2.24, 2.45) is 0 Å². The SMILES string of the molecule is CCC(C)(O)CNc1ccc(N)c2nonc12. The van der Waals surface area contributed by atoms with Gasteiger partial charge in [-0.3, -0.25) is 0 Å². The lowest BCUT2D eigenvalue weighted by atomic mass is 10.0. The maximum Gasteiger partial charge on any atom is 0.160 e. The predicted octanol–water partition coefficient (Wildman–Crippen LogP) is 1.38. The van der Waals surface area contributed by atoms with Crippen molar-refractivity contribution < 1.29 is 9.74 Å². The van der Waals surface area contributed by atoms with Gasteiger partial charge in [-0.15, -0.1) is 0 Å². The summed E-state index contributed by atoms with van der Waals surface area (Å²) in [6, 6.07) is 3.53. The predicted molar refractivity (Wildman–Crippen MR) is 65.6 cm³/mol. The van der Waals surface area contributed by atoms with Crippen LogP contribution in [-0.2, 0) is 0 Å². The molecule has 2 aromatic rings. The number of nitrogen functional groups attached to an aromatic ring is 1. The molecule has 0 aliphatic carbocycles. The summed E-state index contributed by atoms with van der Waals surface area (Å²) in [6.07, 6.45) is 0.662. The molecule has 0 fully saturated rings. The van der Waals surface area contributed by atoms with Crippen LogP contribution in [0.1, 0.15) is 20.3 Å². The number of nitrogens with one attached hydrogen (secondary N) is 1. The van der Waals surface area contributed by atoms with E-state index in [2.05, 4.69) is 20.3 Å². The number of nitrogens with zero attached hydrogens (tertiary/aromatic N) is 2. The van der Waals surface area contributed by atoms with Crippen LogP contribution in [0.3, 0.4) is 0 Å². The Morgan fingerprint density at radius 1 is 1.41 bits per heavy atom. The van der Waals surface area contributed by atoms with E-state index in [4.69, 9.17) is 5.73 Å². The van der Waals surface area contributed by atoms with Crippen molar-refractivity contribution in [3.8, 4) is 0 Å². The molecule has 0 saturated heterocycles. The van der Waals surface area contributed by atoms with Crippen molar-refractivity contribution >= 4 is 22.4 Å². The highest BCUT2D eigenvalue weighted by Gasteiger charge is 2.18. The summed E-state index contributed by atoms with van der Waals surface area (Å²) in [6.45, 7) is 4.13. The summed E-state index contributed by atoms with van der Waals surface area (Å²) in [5, 5.41) is 20.6. The van der Waals surface area contributed by atoms with Gasteiger partial charge in [0.15, 0.2) is 11.0 Å². The number of nitrogens with two attached hydrogens (primary N) is 1. The highest BCUT2D eigenvalue weighted by Crippen LogP contribution is 2.25. The van der Waals surface area contributed by atoms with Gasteiger partial charge in [0.05, 0.1) is 17.0 Å². The second kappa shape index (κ2) is 4.21. The van der Waals surface area contributed by atoms with E-state index < -0.39 is 5.60 Å². The summed E-state index contributed by atoms with van der Waals surface area (Å²) in [7, 11) is 0. The van der Waals surface area contributed by atoms with Crippen molar-refractivity contribution in [1.29, 1.82) is 0 Å². The summed E-state index contributed by atoms with van der Waals surface area (Å²) < 4.78 is 4.66. The molecule has 0 aliphatic rings. The fraction of sp³-hybridized carbons (Fsp3) is 0.455. The smallest absolute Gasteiger partial charge is 0.160 e. The van der Waals surface area contributed by atoms with Crippen molar-refractivity contribution in [2.75, 3.05) is 17.6 Å². The van der Waals surface area contributed by atoms with Crippen molar-refractivity contribution in [2.45, 2.75) is 25.9 Å². The molecule has 0 saturated carbocycles. The second-order valence-electron chi connectivity index (χ2n) is 4.37. The Morgan fingerprint density at radius 3 is 2.82 bits per heavy atom. The van der Waals surface area contributed by atoms with Crippen LogP contribution < -0.4 is 11.1 Å². The van der Waals surface area contributed by atoms with E-state index in [1.165, 1.54) is 0 Å². The van der Waals surface area contributed by atoms with Gasteiger partial charge in [-0.2, -0.15) is 0 Å². The molecular weight excluding hydrogens is 220 g/mol. The van der Waals surface area contributed by atoms with Crippen LogP contribution in [-0.4, -0.2) is 27.6 Å². The van der Waals surface area contributed by atoms with E-state index in [0.29, 0.717) is 29.7 Å². The lowest BCUT2D eigenvalue weighted by Crippen LogP contribution is -2.32. The average Bonchev–Trinajstić information content (AvgIpc) is 2.78. The van der Waals surface area contributed by atoms with Gasteiger partial charge in [-0.1, -0.05) is 6.92 Å². The van der Waals surface area contributed by atoms with Crippen LogP contribution in [0.5, 0.6) is 0 Å². The zero-order chi connectivity index (χ0) is 12.5. The first-order valence-electron chi connectivity index (χ1n) is 5.50. The topological polar surface area (TPSA) is 97.2 Å². The van der Waals surface area contributed by atoms with Gasteiger partial charge in [0.1, 0.15) is 0 Å². The van der Waals surface area contributed by atoms with Crippen LogP contribution in [0.15, 0.2) is 16.8 Å². The van der Waals surface area contributed by atoms with Gasteiger partial charge in [0.2, 0.25) is 0 Å². The number of fused-ring (bicyclic) bond motifs is 1. The number of rotatable bonds is 4. The first-order valence-corrected chi connectivity index (χ1v) is 5.50. The minimum Gasteiger partial charge on any atom is -0.397 e. The van der Waals surface area contributed by atoms with Gasteiger partial charge in [0.25, 0.3) is 0 Å². The number of hydrogen-bond donors (Lipinski definition) is 3. The summed E-state index contributed by atoms with van der Waals surface area (Å²) in [4.78, 5) is 0. The number of hydrogen-bond acceptors (Lipinski definition) is 6. The molecule has 0 aliphatic heterocycles. The van der Waals surface area contributed by atoms with E-state index in [-0.39, 0.29) is 0 Å². The number of benzene rings is 1. The van der Waals surface area contributed by atoms with Gasteiger partial charge < -0.3 is 16.2 Å². The van der Waals surface area contributed by atoms with E-state index >= 15 is 0 Å². The van der Waals surface area contributed by atoms with Gasteiger partial charge in [0, 0.05) is 6.54 Å². The molecule has 0 spiro atoms. The molecule has 1 heterocycles. The third-order valence-corrected chi connectivity index (χ3v) is 2.87. The fourth-order valence-electron chi connectivity index (χ4n) is 1.44. The maximum absolute atomic E-state index is 9.92. The molecule has 17 heavy (non-hydrogen) atoms. The summed E-state index contributed by atoms with van der Waals surface area (Å²) in [5.74, 6) is 0. The Balaban J connectivity index is 2.25. The number of aromatic nitrogens is 2. The van der Waals surface area contributed by atoms with Crippen LogP contribution in [0.2, 0.25) is 0 Å². The standard InChI is InChI=1S/C11H16N4O2/c1-3-11(2,16)6-13-8-5-4-7(12)9-10(8)15-17-14-9/h4-5,13,16H,3,6,12H2,1-2H3. The normalized spacial score (nSPS) is 14.8. The zero-order valence-corrected chi connectivity index (χ0v) is 9.90. The van der Waals surface area contributed by atoms with Crippen molar-refractivity contribution in [1.82, 2.24) is 10.3 Å². The Hall–Kier alpha value is -1.82. The first-order chi connectivity index (χ1) is 8.03. The van der Waals surface area contributed by atoms with Crippen LogP contribution in [0.4, 0.5) is 11.4 Å². The monoisotopic (exact) mass is 236 g/mol. The minimum absolute atomic E-state index is 0.426. The lowest BCUT2D eigenvalue weighted by Gasteiger charge is -2.22. The second-order valence-corrected chi connectivity index (χ2v) is 4.37. The highest BCUT2D eigenvalue weighted by atomic mass is 16.6. The van der Waals surface area contributed by atoms with E-state index in [1.807, 2.05) is 6.92 Å². The average molecular weight is 236 g/mol. The molecule has 6 heteroatoms. The third-order valence-electron chi connectivity index (χ3n) is 2.87. The Labute approximate surface area is 98.8 Å². The summed E-state index contributed by atoms with van der Waals surface area (Å²) >= 11 is 0. The van der Waals surface area contributed by atoms with Gasteiger partial charge in [-0.25, -0.2) is 4.63 Å². The fourth-order valence-corrected chi connectivity index (χ4v) is 1.44. The summed E-state index contributed by atoms with van der Waals surface area (Å²) in [5.41, 5.74) is 7.37. The molecule has 0 radical (unpaired) electrons. The van der Waals surface area contributed by atoms with E-state index in [1.54, 1.807) is 19.1 Å². The van der Waals surface area contributed by atoms with E-state index in [0.717, 1.165) is 5.69 Å². The van der Waals surface area contributed by atoms with Gasteiger partial charge in [-0.05, 0) is 35.8 Å². The van der Waals surface area contributed by atoms with Crippen LogP contribution >= 0.6 is 0 Å². The number of aliphatic hydroxyl groups is 1. The maximum atomic E-state index is 9.92. The first kappa shape index (κ1) is 11.7. The van der Waals surface area contributed by atoms with Crippen LogP contribution in [0.25, 0.3) is 11.0 Å². The largest absolute Gasteiger partial charge is 0.397 e. The highest BCUT2D eigenvalue weighted by molar-refractivity contribution is 5.94. The molecular formula is C11H16N4O2. The molecule has 1 aromatic heterocycles. The van der Waals surface area contributed by atoms with Gasteiger partial charge >= 0.3 is 0 Å². The molecule has 0 bridgehead atoms. The minimum atomic E-state index is -0.759.